The van der Waals surface area contributed by atoms with Crippen molar-refractivity contribution < 1.29 is 9.53 Å². The van der Waals surface area contributed by atoms with Crippen LogP contribution in [-0.2, 0) is 6.54 Å². The Morgan fingerprint density at radius 1 is 1.17 bits per heavy atom. The smallest absolute Gasteiger partial charge is 0.292 e. The van der Waals surface area contributed by atoms with Crippen molar-refractivity contribution in [3.05, 3.63) is 70.1 Å². The third-order valence-electron chi connectivity index (χ3n) is 4.61. The molecule has 0 fully saturated rings. The number of rotatable bonds is 8. The van der Waals surface area contributed by atoms with Gasteiger partial charge in [0.15, 0.2) is 5.69 Å². The van der Waals surface area contributed by atoms with Gasteiger partial charge in [-0.1, -0.05) is 32.0 Å². The van der Waals surface area contributed by atoms with Crippen molar-refractivity contribution in [1.82, 2.24) is 15.2 Å². The Kier molecular flexibility index (Phi) is 6.95. The van der Waals surface area contributed by atoms with E-state index >= 15 is 0 Å². The van der Waals surface area contributed by atoms with Gasteiger partial charge in [0.05, 0.1) is 18.2 Å². The molecular formula is C23H26N4O3. The van der Waals surface area contributed by atoms with Gasteiger partial charge < -0.3 is 4.74 Å². The zero-order valence-electron chi connectivity index (χ0n) is 17.5. The lowest BCUT2D eigenvalue weighted by Crippen LogP contribution is -2.28. The monoisotopic (exact) mass is 406 g/mol. The number of carbonyl (C=O) groups excluding carboxylic acids is 1. The topological polar surface area (TPSA) is 85.6 Å². The molecule has 1 N–H and O–H groups in total. The summed E-state index contributed by atoms with van der Waals surface area (Å²) in [4.78, 5) is 25.0. The van der Waals surface area contributed by atoms with Crippen molar-refractivity contribution in [3.8, 4) is 5.75 Å². The van der Waals surface area contributed by atoms with Crippen LogP contribution in [0.3, 0.4) is 0 Å². The molecule has 0 aliphatic heterocycles. The number of hydrogen-bond donors (Lipinski definition) is 1. The first-order chi connectivity index (χ1) is 14.5. The molecule has 0 aliphatic rings. The van der Waals surface area contributed by atoms with E-state index in [1.165, 1.54) is 4.68 Å². The van der Waals surface area contributed by atoms with Crippen molar-refractivity contribution in [2.24, 2.45) is 11.0 Å². The number of aryl methyl sites for hydroxylation is 1. The molecule has 30 heavy (non-hydrogen) atoms. The number of hydrazone groups is 1. The molecule has 0 saturated carbocycles. The van der Waals surface area contributed by atoms with Crippen LogP contribution < -0.4 is 15.7 Å². The van der Waals surface area contributed by atoms with E-state index in [2.05, 4.69) is 29.5 Å². The molecule has 0 bridgehead atoms. The van der Waals surface area contributed by atoms with Crippen molar-refractivity contribution in [2.45, 2.75) is 33.7 Å². The molecule has 0 atom stereocenters. The fourth-order valence-electron chi connectivity index (χ4n) is 2.90. The van der Waals surface area contributed by atoms with Crippen LogP contribution in [0.1, 0.15) is 43.2 Å². The number of aromatic nitrogens is 2. The lowest BCUT2D eigenvalue weighted by atomic mass is 10.1. The van der Waals surface area contributed by atoms with E-state index in [9.17, 15) is 9.59 Å². The van der Waals surface area contributed by atoms with Gasteiger partial charge >= 0.3 is 0 Å². The van der Waals surface area contributed by atoms with Gasteiger partial charge in [0.2, 0.25) is 0 Å². The summed E-state index contributed by atoms with van der Waals surface area (Å²) in [6.45, 7) is 7.18. The number of amides is 1. The Bertz CT molecular complexity index is 1100. The summed E-state index contributed by atoms with van der Waals surface area (Å²) in [6.07, 6.45) is 2.55. The molecule has 3 aromatic rings. The van der Waals surface area contributed by atoms with Crippen molar-refractivity contribution in [1.29, 1.82) is 0 Å². The number of nitrogens with one attached hydrogen (secondary N) is 1. The van der Waals surface area contributed by atoms with Crippen LogP contribution in [0, 0.1) is 5.92 Å². The molecule has 3 rings (SSSR count). The first-order valence-corrected chi connectivity index (χ1v) is 10.1. The van der Waals surface area contributed by atoms with E-state index in [-0.39, 0.29) is 11.3 Å². The van der Waals surface area contributed by atoms with Crippen LogP contribution >= 0.6 is 0 Å². The molecule has 1 amide bonds. The second kappa shape index (κ2) is 9.82. The molecule has 7 heteroatoms. The van der Waals surface area contributed by atoms with Crippen LogP contribution in [-0.4, -0.2) is 28.5 Å². The fraction of sp³-hybridized carbons (Fsp3) is 0.304. The highest BCUT2D eigenvalue weighted by atomic mass is 16.5. The summed E-state index contributed by atoms with van der Waals surface area (Å²) >= 11 is 0. The lowest BCUT2D eigenvalue weighted by molar-refractivity contribution is 0.0949. The van der Waals surface area contributed by atoms with Gasteiger partial charge in [-0.3, -0.25) is 9.59 Å². The first-order valence-electron chi connectivity index (χ1n) is 10.1. The highest BCUT2D eigenvalue weighted by molar-refractivity contribution is 6.04. The predicted octanol–water partition coefficient (Wildman–Crippen LogP) is 3.61. The van der Waals surface area contributed by atoms with Gasteiger partial charge in [0.1, 0.15) is 5.75 Å². The van der Waals surface area contributed by atoms with Crippen LogP contribution in [0.25, 0.3) is 10.8 Å². The van der Waals surface area contributed by atoms with Gasteiger partial charge in [-0.25, -0.2) is 10.1 Å². The summed E-state index contributed by atoms with van der Waals surface area (Å²) in [7, 11) is 0. The summed E-state index contributed by atoms with van der Waals surface area (Å²) in [5.41, 5.74) is 3.26. The maximum absolute atomic E-state index is 12.6. The highest BCUT2D eigenvalue weighted by Gasteiger charge is 2.15. The van der Waals surface area contributed by atoms with Gasteiger partial charge in [0.25, 0.3) is 11.5 Å². The third kappa shape index (κ3) is 5.11. The van der Waals surface area contributed by atoms with Gasteiger partial charge in [-0.15, -0.1) is 0 Å². The SMILES string of the molecule is CCn1nc(C(=O)N/N=C\c2ccc(OCCC(C)C)cc2)c2ccccc2c1=O. The summed E-state index contributed by atoms with van der Waals surface area (Å²) in [5.74, 6) is 0.927. The van der Waals surface area contributed by atoms with Gasteiger partial charge in [-0.2, -0.15) is 10.2 Å². The number of fused-ring (bicyclic) bond motifs is 1. The van der Waals surface area contributed by atoms with Crippen LogP contribution in [0.5, 0.6) is 5.75 Å². The molecule has 2 aromatic carbocycles. The van der Waals surface area contributed by atoms with Crippen molar-refractivity contribution in [3.63, 3.8) is 0 Å². The number of benzene rings is 2. The minimum atomic E-state index is -0.474. The maximum Gasteiger partial charge on any atom is 0.292 e. The Labute approximate surface area is 175 Å². The number of ether oxygens (including phenoxy) is 1. The molecule has 0 spiro atoms. The standard InChI is InChI=1S/C23H26N4O3/c1-4-27-23(29)20-8-6-5-7-19(20)21(26-27)22(28)25-24-15-17-9-11-18(12-10-17)30-14-13-16(2)3/h5-12,15-16H,4,13-14H2,1-3H3,(H,25,28)/b24-15-. The first kappa shape index (κ1) is 21.2. The Morgan fingerprint density at radius 3 is 2.53 bits per heavy atom. The molecule has 1 heterocycles. The molecule has 156 valence electrons. The summed E-state index contributed by atoms with van der Waals surface area (Å²) in [5, 5.41) is 9.18. The normalized spacial score (nSPS) is 11.3. The predicted molar refractivity (Wildman–Crippen MR) is 118 cm³/mol. The van der Waals surface area contributed by atoms with E-state index in [4.69, 9.17) is 4.74 Å². The number of hydrogen-bond acceptors (Lipinski definition) is 5. The molecule has 7 nitrogen and oxygen atoms in total. The average Bonchev–Trinajstić information content (AvgIpc) is 2.75. The average molecular weight is 406 g/mol. The van der Waals surface area contributed by atoms with Crippen LogP contribution in [0.15, 0.2) is 58.4 Å². The largest absolute Gasteiger partial charge is 0.494 e. The van der Waals surface area contributed by atoms with Crippen LogP contribution in [0.2, 0.25) is 0 Å². The zero-order chi connectivity index (χ0) is 21.5. The van der Waals surface area contributed by atoms with Crippen LogP contribution in [0.4, 0.5) is 0 Å². The van der Waals surface area contributed by atoms with Gasteiger partial charge in [-0.05, 0) is 55.2 Å². The van der Waals surface area contributed by atoms with Crippen molar-refractivity contribution >= 4 is 22.9 Å². The minimum Gasteiger partial charge on any atom is -0.494 e. The molecule has 0 unspecified atom stereocenters. The Hall–Kier alpha value is -3.48. The Balaban J connectivity index is 1.69. The van der Waals surface area contributed by atoms with E-state index < -0.39 is 5.91 Å². The molecule has 0 saturated heterocycles. The molecule has 0 radical (unpaired) electrons. The number of carbonyl (C=O) groups is 1. The summed E-state index contributed by atoms with van der Waals surface area (Å²) < 4.78 is 6.97. The van der Waals surface area contributed by atoms with E-state index in [1.54, 1.807) is 37.4 Å². The second-order valence-electron chi connectivity index (χ2n) is 7.31. The fourth-order valence-corrected chi connectivity index (χ4v) is 2.90. The lowest BCUT2D eigenvalue weighted by Gasteiger charge is -2.08. The van der Waals surface area contributed by atoms with Crippen molar-refractivity contribution in [2.75, 3.05) is 6.61 Å². The quantitative estimate of drug-likeness (QED) is 0.457. The third-order valence-corrected chi connectivity index (χ3v) is 4.61. The number of nitrogens with zero attached hydrogens (tertiary/aromatic N) is 3. The highest BCUT2D eigenvalue weighted by Crippen LogP contribution is 2.14. The van der Waals surface area contributed by atoms with Gasteiger partial charge in [0, 0.05) is 11.9 Å². The minimum absolute atomic E-state index is 0.165. The Morgan fingerprint density at radius 2 is 1.87 bits per heavy atom. The van der Waals surface area contributed by atoms with E-state index in [1.807, 2.05) is 24.3 Å². The second-order valence-corrected chi connectivity index (χ2v) is 7.31. The molecule has 1 aromatic heterocycles. The van der Waals surface area contributed by atoms with E-state index in [0.29, 0.717) is 29.8 Å². The van der Waals surface area contributed by atoms with E-state index in [0.717, 1.165) is 17.7 Å². The summed E-state index contributed by atoms with van der Waals surface area (Å²) in [6, 6.07) is 14.4. The molecular weight excluding hydrogens is 380 g/mol. The zero-order valence-corrected chi connectivity index (χ0v) is 17.5. The molecule has 0 aliphatic carbocycles. The maximum atomic E-state index is 12.6.